The SMILES string of the molecule is CC(=O)O[C@@H]1[C@@H](OC(C)=O)[C@H](Oc2ccc(COC(=O)N(CCS(C)(=O)=O)COC3CCN(C(=O)CCCCCCCNc4c(Nc5ccncc5)c(=O)c4=O)CC3)cc2NC(=O)CN(C)C(=O)OCC2c3ccccc3-c3ccccc32)O[C@H](C(C)=O)[C@H]1OC(C)=O. The van der Waals surface area contributed by atoms with Gasteiger partial charge in [-0.3, -0.25) is 48.2 Å². The average molecular weight is 1310 g/mol. The molecule has 93 heavy (non-hydrogen) atoms. The van der Waals surface area contributed by atoms with Crippen LogP contribution in [0.2, 0.25) is 0 Å². The first kappa shape index (κ1) is 69.6. The van der Waals surface area contributed by atoms with Crippen molar-refractivity contribution in [1.29, 1.82) is 0 Å². The highest BCUT2D eigenvalue weighted by molar-refractivity contribution is 7.90. The predicted molar refractivity (Wildman–Crippen MR) is 337 cm³/mol. The molecule has 27 nitrogen and oxygen atoms in total. The monoisotopic (exact) mass is 1310 g/mol. The number of esters is 3. The van der Waals surface area contributed by atoms with E-state index in [0.717, 1.165) is 91.7 Å². The van der Waals surface area contributed by atoms with E-state index in [1.165, 1.54) is 25.2 Å². The molecule has 3 aliphatic rings. The first-order valence-corrected chi connectivity index (χ1v) is 32.6. The summed E-state index contributed by atoms with van der Waals surface area (Å²) in [7, 11) is -2.24. The lowest BCUT2D eigenvalue weighted by Crippen LogP contribution is -2.64. The molecule has 5 aromatic rings. The van der Waals surface area contributed by atoms with Crippen LogP contribution in [-0.4, -0.2) is 178 Å². The van der Waals surface area contributed by atoms with Crippen LogP contribution < -0.4 is 31.5 Å². The number of carbonyl (C=O) groups excluding carboxylic acids is 8. The van der Waals surface area contributed by atoms with Crippen LogP contribution in [0.25, 0.3) is 11.1 Å². The third-order valence-electron chi connectivity index (χ3n) is 15.7. The predicted octanol–water partition coefficient (Wildman–Crippen LogP) is 6.13. The lowest BCUT2D eigenvalue weighted by atomic mass is 9.95. The maximum atomic E-state index is 14.0. The Bertz CT molecular complexity index is 3660. The minimum atomic E-state index is -3.59. The number of carbonyl (C=O) groups is 8. The van der Waals surface area contributed by atoms with Gasteiger partial charge in [-0.2, -0.15) is 0 Å². The van der Waals surface area contributed by atoms with E-state index in [-0.39, 0.29) is 66.2 Å². The summed E-state index contributed by atoms with van der Waals surface area (Å²) >= 11 is 0. The maximum absolute atomic E-state index is 14.0. The fourth-order valence-corrected chi connectivity index (χ4v) is 11.7. The summed E-state index contributed by atoms with van der Waals surface area (Å²) < 4.78 is 71.1. The van der Waals surface area contributed by atoms with Crippen LogP contribution in [0.15, 0.2) is 101 Å². The van der Waals surface area contributed by atoms with Gasteiger partial charge in [0.05, 0.1) is 17.5 Å². The fraction of sp³-hybridized carbons (Fsp3) is 0.462. The number of pyridine rings is 1. The standard InChI is InChI=1S/C65H77N7O20S/c1-39(73)59-60(88-40(2)74)61(89-41(3)75)62(90-42(4)76)63(92-59)91-52-22-21-43(34-51(52)69-53(77)35-70(5)64(81)86-37-50-48-18-13-11-16-46(48)47-17-12-14-19-49(47)50)36-85-65(82)72(32-33-93(6,83)84)38-87-45-25-30-71(31-26-45)54(78)20-10-8-7-9-15-27-67-55-56(58(80)57(55)79)68-44-23-28-66-29-24-44/h11-14,16-19,21-24,28-29,34,45,50,59-63,67H,7-10,15,20,25-27,30-33,35-38H2,1-6H3,(H,66,68)(H,69,77)/t59-,60-,61+,62-,63-/m1/s1. The Morgan fingerprint density at radius 1 is 0.720 bits per heavy atom. The number of Topliss-reactive ketones (excluding diaryl/α,β-unsaturated/α-hetero) is 1. The number of fused-ring (bicyclic) bond motifs is 3. The van der Waals surface area contributed by atoms with Gasteiger partial charge in [-0.25, -0.2) is 18.0 Å². The van der Waals surface area contributed by atoms with Gasteiger partial charge in [0.25, 0.3) is 10.9 Å². The molecule has 1 aromatic heterocycles. The summed E-state index contributed by atoms with van der Waals surface area (Å²) in [6.07, 6.45) is -1.14. The zero-order valence-electron chi connectivity index (χ0n) is 52.6. The molecular formula is C65H77N7O20S. The second-order valence-corrected chi connectivity index (χ2v) is 25.2. The molecule has 5 atom stereocenters. The van der Waals surface area contributed by atoms with Crippen molar-refractivity contribution in [2.24, 2.45) is 0 Å². The summed E-state index contributed by atoms with van der Waals surface area (Å²) in [5.74, 6) is -5.11. The van der Waals surface area contributed by atoms with Crippen molar-refractivity contribution in [3.63, 3.8) is 0 Å². The van der Waals surface area contributed by atoms with Crippen LogP contribution in [0.3, 0.4) is 0 Å². The molecule has 28 heteroatoms. The van der Waals surface area contributed by atoms with E-state index >= 15 is 0 Å². The molecule has 0 bridgehead atoms. The summed E-state index contributed by atoms with van der Waals surface area (Å²) in [5.41, 5.74) is 4.10. The minimum Gasteiger partial charge on any atom is -0.458 e. The van der Waals surface area contributed by atoms with Crippen molar-refractivity contribution in [3.8, 4) is 16.9 Å². The maximum Gasteiger partial charge on any atom is 0.411 e. The van der Waals surface area contributed by atoms with E-state index < -0.39 is 112 Å². The van der Waals surface area contributed by atoms with Gasteiger partial charge in [0, 0.05) is 90.7 Å². The number of amides is 4. The largest absolute Gasteiger partial charge is 0.458 e. The number of ether oxygens (including phenoxy) is 8. The second kappa shape index (κ2) is 32.3. The Morgan fingerprint density at radius 3 is 1.98 bits per heavy atom. The number of unbranched alkanes of at least 4 members (excludes halogenated alkanes) is 4. The van der Waals surface area contributed by atoms with Gasteiger partial charge in [-0.15, -0.1) is 0 Å². The number of benzene rings is 3. The quantitative estimate of drug-likeness (QED) is 0.0153. The van der Waals surface area contributed by atoms with E-state index in [4.69, 9.17) is 37.9 Å². The van der Waals surface area contributed by atoms with Crippen LogP contribution in [0.4, 0.5) is 32.3 Å². The molecule has 0 saturated carbocycles. The number of likely N-dealkylation sites (tertiary alicyclic amines) is 1. The Balaban J connectivity index is 0.877. The first-order chi connectivity index (χ1) is 44.4. The first-order valence-electron chi connectivity index (χ1n) is 30.5. The third kappa shape index (κ3) is 19.2. The number of sulfone groups is 1. The summed E-state index contributed by atoms with van der Waals surface area (Å²) in [4.78, 5) is 137. The Morgan fingerprint density at radius 2 is 1.33 bits per heavy atom. The topological polar surface area (TPSA) is 337 Å². The Hall–Kier alpha value is -9.28. The van der Waals surface area contributed by atoms with Crippen molar-refractivity contribution in [2.75, 3.05) is 81.1 Å². The molecule has 2 saturated heterocycles. The number of piperidine rings is 1. The highest BCUT2D eigenvalue weighted by atomic mass is 32.2. The molecule has 4 aromatic carbocycles. The number of ketones is 1. The van der Waals surface area contributed by atoms with E-state index in [9.17, 15) is 56.4 Å². The number of rotatable bonds is 30. The Labute approximate surface area is 537 Å². The fourth-order valence-electron chi connectivity index (χ4n) is 11.1. The molecule has 1 aliphatic carbocycles. The van der Waals surface area contributed by atoms with Gasteiger partial charge >= 0.3 is 30.1 Å². The number of hydrogen-bond acceptors (Lipinski definition) is 23. The van der Waals surface area contributed by atoms with Gasteiger partial charge < -0.3 is 63.6 Å². The molecule has 4 amide bonds. The average Bonchev–Trinajstić information content (AvgIpc) is 1.73. The van der Waals surface area contributed by atoms with Crippen LogP contribution in [-0.2, 0) is 78.4 Å². The molecule has 2 aliphatic heterocycles. The van der Waals surface area contributed by atoms with E-state index in [1.54, 1.807) is 29.4 Å². The molecule has 0 spiro atoms. The van der Waals surface area contributed by atoms with Crippen molar-refractivity contribution in [2.45, 2.75) is 128 Å². The highest BCUT2D eigenvalue weighted by Gasteiger charge is 2.54. The highest BCUT2D eigenvalue weighted by Crippen LogP contribution is 2.45. The molecule has 3 N–H and O–H groups in total. The molecule has 2 fully saturated rings. The normalized spacial score (nSPS) is 17.8. The minimum absolute atomic E-state index is 0.00317. The van der Waals surface area contributed by atoms with Gasteiger partial charge in [0.1, 0.15) is 53.5 Å². The van der Waals surface area contributed by atoms with Crippen molar-refractivity contribution < 1.29 is 84.7 Å². The zero-order chi connectivity index (χ0) is 66.9. The molecule has 3 heterocycles. The Kier molecular flexibility index (Phi) is 24.2. The molecular weight excluding hydrogens is 1230 g/mol. The molecule has 0 unspecified atom stereocenters. The van der Waals surface area contributed by atoms with E-state index in [0.29, 0.717) is 51.0 Å². The van der Waals surface area contributed by atoms with Crippen LogP contribution >= 0.6 is 0 Å². The number of hydrogen-bond donors (Lipinski definition) is 3. The van der Waals surface area contributed by atoms with Crippen molar-refractivity contribution in [1.82, 2.24) is 19.7 Å². The zero-order valence-corrected chi connectivity index (χ0v) is 53.4. The van der Waals surface area contributed by atoms with Crippen molar-refractivity contribution in [3.05, 3.63) is 128 Å². The number of likely N-dealkylation sites (N-methyl/N-ethyl adjacent to an activating group) is 1. The number of anilines is 4. The molecule has 0 radical (unpaired) electrons. The number of aromatic nitrogens is 1. The lowest BCUT2D eigenvalue weighted by Gasteiger charge is -2.43. The van der Waals surface area contributed by atoms with Gasteiger partial charge in [-0.1, -0.05) is 73.9 Å². The van der Waals surface area contributed by atoms with Crippen LogP contribution in [0.5, 0.6) is 5.75 Å². The molecule has 498 valence electrons. The van der Waals surface area contributed by atoms with Gasteiger partial charge in [0.15, 0.2) is 24.1 Å². The third-order valence-corrected chi connectivity index (χ3v) is 16.7. The lowest BCUT2D eigenvalue weighted by molar-refractivity contribution is -0.277. The number of nitrogens with one attached hydrogen (secondary N) is 3. The van der Waals surface area contributed by atoms with Crippen LogP contribution in [0, 0.1) is 0 Å². The van der Waals surface area contributed by atoms with Crippen LogP contribution in [0.1, 0.15) is 102 Å². The summed E-state index contributed by atoms with van der Waals surface area (Å²) in [6, 6.07) is 23.0. The van der Waals surface area contributed by atoms with Gasteiger partial charge in [-0.05, 0) is 84.7 Å². The van der Waals surface area contributed by atoms with Crippen molar-refractivity contribution >= 4 is 80.3 Å². The second-order valence-electron chi connectivity index (χ2n) is 23.0. The number of nitrogens with zero attached hydrogens (tertiary/aromatic N) is 4. The summed E-state index contributed by atoms with van der Waals surface area (Å²) in [6.45, 7) is 3.80. The molecule has 8 rings (SSSR count). The van der Waals surface area contributed by atoms with E-state index in [1.807, 2.05) is 48.5 Å². The van der Waals surface area contributed by atoms with E-state index in [2.05, 4.69) is 20.9 Å². The smallest absolute Gasteiger partial charge is 0.411 e. The van der Waals surface area contributed by atoms with Gasteiger partial charge in [0.2, 0.25) is 24.2 Å². The summed E-state index contributed by atoms with van der Waals surface area (Å²) in [5, 5.41) is 8.72.